The van der Waals surface area contributed by atoms with Crippen molar-refractivity contribution in [1.29, 1.82) is 0 Å². The number of aromatic amines is 1. The summed E-state index contributed by atoms with van der Waals surface area (Å²) in [5.74, 6) is -0.208. The minimum absolute atomic E-state index is 0.0880. The highest BCUT2D eigenvalue weighted by molar-refractivity contribution is 5.92. The summed E-state index contributed by atoms with van der Waals surface area (Å²) < 4.78 is 38.4. The second-order valence-corrected chi connectivity index (χ2v) is 8.85. The van der Waals surface area contributed by atoms with Crippen molar-refractivity contribution in [3.63, 3.8) is 0 Å². The van der Waals surface area contributed by atoms with Gasteiger partial charge in [0.1, 0.15) is 17.1 Å². The molecule has 2 aliphatic heterocycles. The number of H-pyrrole nitrogens is 1. The summed E-state index contributed by atoms with van der Waals surface area (Å²) in [6.45, 7) is 2.34. The normalized spacial score (nSPS) is 17.9. The second kappa shape index (κ2) is 10.0. The maximum atomic E-state index is 13.1. The van der Waals surface area contributed by atoms with E-state index in [0.717, 1.165) is 5.69 Å². The van der Waals surface area contributed by atoms with Crippen LogP contribution < -0.4 is 15.8 Å². The average Bonchev–Trinajstić information content (AvgIpc) is 2.87. The molecule has 12 heteroatoms. The van der Waals surface area contributed by atoms with Crippen molar-refractivity contribution < 1.29 is 22.8 Å². The Bertz CT molecular complexity index is 1120. The molecule has 0 radical (unpaired) electrons. The first-order chi connectivity index (χ1) is 16.7. The largest absolute Gasteiger partial charge is 0.423 e. The van der Waals surface area contributed by atoms with Gasteiger partial charge in [-0.15, -0.1) is 0 Å². The Morgan fingerprint density at radius 2 is 1.71 bits per heavy atom. The maximum Gasteiger partial charge on any atom is 0.423 e. The molecular weight excluding hydrogens is 465 g/mol. The third-order valence-corrected chi connectivity index (χ3v) is 6.73. The van der Waals surface area contributed by atoms with Crippen LogP contribution in [0.5, 0.6) is 0 Å². The number of piperidine rings is 2. The summed E-state index contributed by atoms with van der Waals surface area (Å²) in [6, 6.07) is 3.53. The molecule has 188 valence electrons. The van der Waals surface area contributed by atoms with E-state index in [9.17, 15) is 27.6 Å². The number of hydrogen-bond donors (Lipinski definition) is 2. The molecule has 9 nitrogen and oxygen atoms in total. The van der Waals surface area contributed by atoms with Crippen LogP contribution in [0.1, 0.15) is 53.5 Å². The van der Waals surface area contributed by atoms with E-state index in [4.69, 9.17) is 0 Å². The van der Waals surface area contributed by atoms with Gasteiger partial charge in [-0.3, -0.25) is 14.4 Å². The first-order valence-corrected chi connectivity index (χ1v) is 11.6. The van der Waals surface area contributed by atoms with Crippen LogP contribution in [0.15, 0.2) is 29.3 Å². The zero-order valence-electron chi connectivity index (χ0n) is 19.3. The van der Waals surface area contributed by atoms with Crippen LogP contribution in [0.25, 0.3) is 0 Å². The first-order valence-electron chi connectivity index (χ1n) is 11.6. The number of nitrogens with zero attached hydrogens (tertiary/aromatic N) is 4. The number of hydrogen-bond acceptors (Lipinski definition) is 6. The smallest absolute Gasteiger partial charge is 0.370 e. The van der Waals surface area contributed by atoms with Gasteiger partial charge in [-0.05, 0) is 37.8 Å². The topological polar surface area (TPSA) is 111 Å². The van der Waals surface area contributed by atoms with E-state index in [1.54, 1.807) is 24.2 Å². The van der Waals surface area contributed by atoms with E-state index < -0.39 is 17.3 Å². The Labute approximate surface area is 199 Å². The van der Waals surface area contributed by atoms with Crippen LogP contribution >= 0.6 is 0 Å². The van der Waals surface area contributed by atoms with E-state index in [2.05, 4.69) is 25.2 Å². The highest BCUT2D eigenvalue weighted by atomic mass is 19.4. The third-order valence-electron chi connectivity index (χ3n) is 6.73. The number of halogens is 3. The molecule has 2 fully saturated rings. The lowest BCUT2D eigenvalue weighted by molar-refractivity contribution is -0.139. The van der Waals surface area contributed by atoms with E-state index in [1.807, 2.05) is 6.07 Å². The average molecular weight is 493 g/mol. The van der Waals surface area contributed by atoms with Gasteiger partial charge in [0.25, 0.3) is 11.5 Å². The molecule has 4 rings (SSSR count). The minimum Gasteiger partial charge on any atom is -0.370 e. The van der Waals surface area contributed by atoms with Crippen LogP contribution in [-0.4, -0.2) is 64.9 Å². The summed E-state index contributed by atoms with van der Waals surface area (Å²) in [4.78, 5) is 50.7. The molecule has 0 aliphatic carbocycles. The maximum absolute atomic E-state index is 13.1. The van der Waals surface area contributed by atoms with Crippen molar-refractivity contribution in [2.24, 2.45) is 5.92 Å². The molecule has 0 bridgehead atoms. The number of nitrogens with one attached hydrogen (secondary N) is 2. The Morgan fingerprint density at radius 3 is 2.26 bits per heavy atom. The molecule has 0 unspecified atom stereocenters. The standard InChI is InChI=1S/C23H27F3N6O3/c1-27-21(34)18-3-2-16(12-28-18)31-8-6-15(7-9-31)22(35)32-10-4-14(5-11-32)19-29-13-17(20(33)30-19)23(24,25)26/h2-3,12-15H,4-11H2,1H3,(H,27,34)(H,29,30,33). The number of aromatic nitrogens is 3. The zero-order chi connectivity index (χ0) is 25.2. The number of rotatable bonds is 4. The molecule has 2 aliphatic rings. The van der Waals surface area contributed by atoms with Gasteiger partial charge in [-0.1, -0.05) is 0 Å². The fourth-order valence-electron chi connectivity index (χ4n) is 4.67. The molecule has 0 atom stereocenters. The quantitative estimate of drug-likeness (QED) is 0.677. The SMILES string of the molecule is CNC(=O)c1ccc(N2CCC(C(=O)N3CCC(c4ncc(C(F)(F)F)c(=O)[nH]4)CC3)CC2)cn1. The van der Waals surface area contributed by atoms with Crippen molar-refractivity contribution in [3.8, 4) is 0 Å². The molecule has 2 N–H and O–H groups in total. The molecule has 2 amide bonds. The molecule has 0 saturated carbocycles. The van der Waals surface area contributed by atoms with E-state index in [0.29, 0.717) is 63.8 Å². The molecule has 35 heavy (non-hydrogen) atoms. The van der Waals surface area contributed by atoms with Gasteiger partial charge in [-0.25, -0.2) is 9.97 Å². The fraction of sp³-hybridized carbons (Fsp3) is 0.522. The van der Waals surface area contributed by atoms with Gasteiger partial charge in [0.2, 0.25) is 5.91 Å². The van der Waals surface area contributed by atoms with Crippen molar-refractivity contribution in [2.45, 2.75) is 37.8 Å². The molecule has 4 heterocycles. The van der Waals surface area contributed by atoms with Crippen molar-refractivity contribution in [1.82, 2.24) is 25.2 Å². The predicted molar refractivity (Wildman–Crippen MR) is 121 cm³/mol. The van der Waals surface area contributed by atoms with Gasteiger partial charge in [-0.2, -0.15) is 13.2 Å². The van der Waals surface area contributed by atoms with Crippen LogP contribution in [-0.2, 0) is 11.0 Å². The second-order valence-electron chi connectivity index (χ2n) is 8.85. The van der Waals surface area contributed by atoms with E-state index >= 15 is 0 Å². The summed E-state index contributed by atoms with van der Waals surface area (Å²) in [6.07, 6.45) is -0.0355. The Kier molecular flexibility index (Phi) is 7.08. The summed E-state index contributed by atoms with van der Waals surface area (Å²) in [7, 11) is 1.55. The van der Waals surface area contributed by atoms with E-state index in [-0.39, 0.29) is 29.5 Å². The molecule has 0 spiro atoms. The molecule has 0 aromatic carbocycles. The minimum atomic E-state index is -4.74. The predicted octanol–water partition coefficient (Wildman–Crippen LogP) is 2.17. The Hall–Kier alpha value is -3.44. The Morgan fingerprint density at radius 1 is 1.03 bits per heavy atom. The van der Waals surface area contributed by atoms with Crippen LogP contribution in [0.3, 0.4) is 0 Å². The fourth-order valence-corrected chi connectivity index (χ4v) is 4.67. The molecule has 2 aromatic heterocycles. The van der Waals surface area contributed by atoms with Crippen LogP contribution in [0.2, 0.25) is 0 Å². The van der Waals surface area contributed by atoms with Crippen molar-refractivity contribution in [3.05, 3.63) is 52.0 Å². The summed E-state index contributed by atoms with van der Waals surface area (Å²) >= 11 is 0. The van der Waals surface area contributed by atoms with Gasteiger partial charge < -0.3 is 20.1 Å². The lowest BCUT2D eigenvalue weighted by Gasteiger charge is -2.37. The lowest BCUT2D eigenvalue weighted by atomic mass is 9.91. The van der Waals surface area contributed by atoms with Crippen molar-refractivity contribution >= 4 is 17.5 Å². The monoisotopic (exact) mass is 492 g/mol. The van der Waals surface area contributed by atoms with Gasteiger partial charge in [0.05, 0.1) is 11.9 Å². The van der Waals surface area contributed by atoms with E-state index in [1.165, 1.54) is 0 Å². The number of alkyl halides is 3. The molecule has 2 aromatic rings. The lowest BCUT2D eigenvalue weighted by Crippen LogP contribution is -2.45. The van der Waals surface area contributed by atoms with Crippen LogP contribution in [0, 0.1) is 5.92 Å². The molecule has 2 saturated heterocycles. The summed E-state index contributed by atoms with van der Waals surface area (Å²) in [5, 5.41) is 2.53. The summed E-state index contributed by atoms with van der Waals surface area (Å²) in [5.41, 5.74) is -1.24. The highest BCUT2D eigenvalue weighted by Crippen LogP contribution is 2.30. The molecular formula is C23H27F3N6O3. The number of pyridine rings is 1. The van der Waals surface area contributed by atoms with Gasteiger partial charge >= 0.3 is 6.18 Å². The number of anilines is 1. The number of carbonyl (C=O) groups excluding carboxylic acids is 2. The number of carbonyl (C=O) groups is 2. The van der Waals surface area contributed by atoms with Gasteiger partial charge in [0, 0.05) is 51.3 Å². The van der Waals surface area contributed by atoms with Crippen LogP contribution in [0.4, 0.5) is 18.9 Å². The van der Waals surface area contributed by atoms with Gasteiger partial charge in [0.15, 0.2) is 0 Å². The first kappa shape index (κ1) is 24.7. The zero-order valence-corrected chi connectivity index (χ0v) is 19.3. The third kappa shape index (κ3) is 5.46. The Balaban J connectivity index is 1.28. The number of likely N-dealkylation sites (tertiary alicyclic amines) is 1. The number of amides is 2. The highest BCUT2D eigenvalue weighted by Gasteiger charge is 2.36. The van der Waals surface area contributed by atoms with Crippen molar-refractivity contribution in [2.75, 3.05) is 38.1 Å².